The van der Waals surface area contributed by atoms with Crippen LogP contribution >= 0.6 is 0 Å². The molecule has 1 unspecified atom stereocenters. The number of rotatable bonds is 7. The maximum atomic E-state index is 11.9. The molecule has 0 aromatic rings. The van der Waals surface area contributed by atoms with Gasteiger partial charge in [-0.3, -0.25) is 9.69 Å². The third-order valence-electron chi connectivity index (χ3n) is 3.84. The number of hydrogen-bond donors (Lipinski definition) is 1. The first-order chi connectivity index (χ1) is 8.72. The lowest BCUT2D eigenvalue weighted by Crippen LogP contribution is -2.46. The zero-order valence-corrected chi connectivity index (χ0v) is 12.1. The van der Waals surface area contributed by atoms with Crippen LogP contribution in [0.15, 0.2) is 0 Å². The van der Waals surface area contributed by atoms with Crippen molar-refractivity contribution in [1.82, 2.24) is 10.2 Å². The highest BCUT2D eigenvalue weighted by atomic mass is 16.5. The summed E-state index contributed by atoms with van der Waals surface area (Å²) in [6, 6.07) is -0.0322. The Morgan fingerprint density at radius 2 is 2.06 bits per heavy atom. The molecule has 4 heteroatoms. The number of likely N-dealkylation sites (tertiary alicyclic amines) is 1. The van der Waals surface area contributed by atoms with E-state index in [2.05, 4.69) is 17.1 Å². The summed E-state index contributed by atoms with van der Waals surface area (Å²) in [4.78, 5) is 14.2. The minimum atomic E-state index is -0.0475. The minimum Gasteiger partial charge on any atom is -0.465 e. The van der Waals surface area contributed by atoms with Gasteiger partial charge in [-0.15, -0.1) is 0 Å². The number of hydrogen-bond acceptors (Lipinski definition) is 4. The fraction of sp³-hybridized carbons (Fsp3) is 0.929. The summed E-state index contributed by atoms with van der Waals surface area (Å²) < 4.78 is 5.15. The van der Waals surface area contributed by atoms with Crippen LogP contribution in [0.25, 0.3) is 0 Å². The molecule has 0 aromatic heterocycles. The third-order valence-corrected chi connectivity index (χ3v) is 3.84. The molecule has 1 saturated heterocycles. The fourth-order valence-corrected chi connectivity index (χ4v) is 2.71. The summed E-state index contributed by atoms with van der Waals surface area (Å²) in [5, 5.41) is 3.21. The van der Waals surface area contributed by atoms with Gasteiger partial charge in [0.05, 0.1) is 6.61 Å². The first kappa shape index (κ1) is 15.4. The molecule has 1 fully saturated rings. The van der Waals surface area contributed by atoms with Crippen molar-refractivity contribution in [3.63, 3.8) is 0 Å². The maximum Gasteiger partial charge on any atom is 0.323 e. The van der Waals surface area contributed by atoms with E-state index in [-0.39, 0.29) is 12.0 Å². The minimum absolute atomic E-state index is 0.0322. The second-order valence-corrected chi connectivity index (χ2v) is 5.05. The van der Waals surface area contributed by atoms with Crippen LogP contribution in [0.4, 0.5) is 0 Å². The summed E-state index contributed by atoms with van der Waals surface area (Å²) in [5.41, 5.74) is 0. The van der Waals surface area contributed by atoms with E-state index in [1.807, 2.05) is 14.0 Å². The number of ether oxygens (including phenoxy) is 1. The van der Waals surface area contributed by atoms with Crippen LogP contribution in [-0.4, -0.2) is 50.2 Å². The Hall–Kier alpha value is -0.610. The standard InChI is InChI=1S/C14H28N2O2/c1-4-13(14(17)18-5-2)16-10-7-12(8-11-16)6-9-15-3/h12-13,15H,4-11H2,1-3H3. The highest BCUT2D eigenvalue weighted by Gasteiger charge is 2.29. The van der Waals surface area contributed by atoms with E-state index in [1.165, 1.54) is 19.3 Å². The lowest BCUT2D eigenvalue weighted by molar-refractivity contribution is -0.150. The molecule has 106 valence electrons. The van der Waals surface area contributed by atoms with Crippen LogP contribution in [-0.2, 0) is 9.53 Å². The molecule has 1 N–H and O–H groups in total. The quantitative estimate of drug-likeness (QED) is 0.703. The molecule has 0 aromatic carbocycles. The van der Waals surface area contributed by atoms with E-state index in [9.17, 15) is 4.79 Å². The highest BCUT2D eigenvalue weighted by molar-refractivity contribution is 5.75. The van der Waals surface area contributed by atoms with E-state index in [0.717, 1.165) is 32.0 Å². The normalized spacial score (nSPS) is 19.7. The van der Waals surface area contributed by atoms with Crippen LogP contribution < -0.4 is 5.32 Å². The van der Waals surface area contributed by atoms with Crippen molar-refractivity contribution in [2.45, 2.75) is 45.6 Å². The molecule has 1 aliphatic rings. The average Bonchev–Trinajstić information content (AvgIpc) is 2.39. The third kappa shape index (κ3) is 4.58. The van der Waals surface area contributed by atoms with Crippen LogP contribution in [0.3, 0.4) is 0 Å². The van der Waals surface area contributed by atoms with Crippen molar-refractivity contribution in [1.29, 1.82) is 0 Å². The molecular weight excluding hydrogens is 228 g/mol. The molecule has 0 spiro atoms. The lowest BCUT2D eigenvalue weighted by Gasteiger charge is -2.36. The molecule has 0 saturated carbocycles. The number of nitrogens with one attached hydrogen (secondary N) is 1. The van der Waals surface area contributed by atoms with E-state index in [4.69, 9.17) is 4.74 Å². The molecule has 1 heterocycles. The van der Waals surface area contributed by atoms with Crippen LogP contribution in [0.2, 0.25) is 0 Å². The molecule has 4 nitrogen and oxygen atoms in total. The molecule has 0 aliphatic carbocycles. The van der Waals surface area contributed by atoms with Gasteiger partial charge < -0.3 is 10.1 Å². The second-order valence-electron chi connectivity index (χ2n) is 5.05. The van der Waals surface area contributed by atoms with Gasteiger partial charge >= 0.3 is 5.97 Å². The molecule has 0 radical (unpaired) electrons. The van der Waals surface area contributed by atoms with Gasteiger partial charge in [0, 0.05) is 0 Å². The van der Waals surface area contributed by atoms with E-state index >= 15 is 0 Å². The second kappa shape index (κ2) is 8.48. The molecule has 1 rings (SSSR count). The van der Waals surface area contributed by atoms with Crippen molar-refractivity contribution < 1.29 is 9.53 Å². The van der Waals surface area contributed by atoms with Crippen molar-refractivity contribution >= 4 is 5.97 Å². The average molecular weight is 256 g/mol. The van der Waals surface area contributed by atoms with Gasteiger partial charge in [0.2, 0.25) is 0 Å². The number of carbonyl (C=O) groups is 1. The van der Waals surface area contributed by atoms with Gasteiger partial charge in [-0.05, 0) is 65.2 Å². The summed E-state index contributed by atoms with van der Waals surface area (Å²) in [7, 11) is 2.00. The van der Waals surface area contributed by atoms with Crippen LogP contribution in [0.1, 0.15) is 39.5 Å². The Balaban J connectivity index is 2.37. The number of piperidine rings is 1. The number of carbonyl (C=O) groups excluding carboxylic acids is 1. The SMILES string of the molecule is CCOC(=O)C(CC)N1CCC(CCNC)CC1. The largest absolute Gasteiger partial charge is 0.465 e. The highest BCUT2D eigenvalue weighted by Crippen LogP contribution is 2.22. The Kier molecular flexibility index (Phi) is 7.28. The summed E-state index contributed by atoms with van der Waals surface area (Å²) >= 11 is 0. The summed E-state index contributed by atoms with van der Waals surface area (Å²) in [5.74, 6) is 0.766. The van der Waals surface area contributed by atoms with Crippen molar-refractivity contribution in [3.8, 4) is 0 Å². The zero-order valence-electron chi connectivity index (χ0n) is 12.1. The predicted molar refractivity (Wildman–Crippen MR) is 73.6 cm³/mol. The number of nitrogens with zero attached hydrogens (tertiary/aromatic N) is 1. The first-order valence-corrected chi connectivity index (χ1v) is 7.28. The van der Waals surface area contributed by atoms with E-state index < -0.39 is 0 Å². The molecule has 1 aliphatic heterocycles. The summed E-state index contributed by atoms with van der Waals surface area (Å²) in [6.45, 7) is 7.58. The Morgan fingerprint density at radius 1 is 1.39 bits per heavy atom. The number of esters is 1. The lowest BCUT2D eigenvalue weighted by atomic mass is 9.92. The Morgan fingerprint density at radius 3 is 2.56 bits per heavy atom. The first-order valence-electron chi connectivity index (χ1n) is 7.28. The van der Waals surface area contributed by atoms with E-state index in [1.54, 1.807) is 0 Å². The Labute approximate surface area is 111 Å². The van der Waals surface area contributed by atoms with Crippen molar-refractivity contribution in [2.24, 2.45) is 5.92 Å². The summed E-state index contributed by atoms with van der Waals surface area (Å²) in [6.07, 6.45) is 4.51. The van der Waals surface area contributed by atoms with Gasteiger partial charge in [0.25, 0.3) is 0 Å². The van der Waals surface area contributed by atoms with Gasteiger partial charge in [-0.25, -0.2) is 0 Å². The molecule has 1 atom stereocenters. The molecule has 0 bridgehead atoms. The van der Waals surface area contributed by atoms with Gasteiger partial charge in [-0.1, -0.05) is 6.92 Å². The van der Waals surface area contributed by atoms with Crippen LogP contribution in [0, 0.1) is 5.92 Å². The van der Waals surface area contributed by atoms with Gasteiger partial charge in [0.15, 0.2) is 0 Å². The zero-order chi connectivity index (χ0) is 13.4. The maximum absolute atomic E-state index is 11.9. The monoisotopic (exact) mass is 256 g/mol. The van der Waals surface area contributed by atoms with Crippen molar-refractivity contribution in [3.05, 3.63) is 0 Å². The molecular formula is C14H28N2O2. The molecule has 0 amide bonds. The van der Waals surface area contributed by atoms with Gasteiger partial charge in [-0.2, -0.15) is 0 Å². The van der Waals surface area contributed by atoms with Crippen molar-refractivity contribution in [2.75, 3.05) is 33.3 Å². The van der Waals surface area contributed by atoms with Gasteiger partial charge in [0.1, 0.15) is 6.04 Å². The van der Waals surface area contributed by atoms with Crippen LogP contribution in [0.5, 0.6) is 0 Å². The molecule has 18 heavy (non-hydrogen) atoms. The predicted octanol–water partition coefficient (Wildman–Crippen LogP) is 1.65. The topological polar surface area (TPSA) is 41.6 Å². The van der Waals surface area contributed by atoms with E-state index in [0.29, 0.717) is 6.61 Å². The smallest absolute Gasteiger partial charge is 0.323 e. The Bertz CT molecular complexity index is 238. The fourth-order valence-electron chi connectivity index (χ4n) is 2.71.